The smallest absolute Gasteiger partial charge is 0.244 e. The second kappa shape index (κ2) is 12.8. The summed E-state index contributed by atoms with van der Waals surface area (Å²) < 4.78 is 0. The number of hydrogen-bond acceptors (Lipinski definition) is 6. The summed E-state index contributed by atoms with van der Waals surface area (Å²) >= 11 is 0. The van der Waals surface area contributed by atoms with E-state index >= 15 is 0 Å². The van der Waals surface area contributed by atoms with E-state index in [0.717, 1.165) is 40.7 Å². The van der Waals surface area contributed by atoms with Crippen molar-refractivity contribution in [3.63, 3.8) is 0 Å². The number of hydrogen-bond donors (Lipinski definition) is 3. The number of piperidine rings is 1. The third kappa shape index (κ3) is 6.21. The highest BCUT2D eigenvalue weighted by molar-refractivity contribution is 6.06. The highest BCUT2D eigenvalue weighted by Gasteiger charge is 2.51. The minimum Gasteiger partial charge on any atom is -0.343 e. The number of nitrogens with zero attached hydrogens (tertiary/aromatic N) is 3. The number of aromatic nitrogens is 1. The summed E-state index contributed by atoms with van der Waals surface area (Å²) in [6, 6.07) is 17.6. The maximum absolute atomic E-state index is 14.4. The maximum atomic E-state index is 14.4. The Bertz CT molecular complexity index is 1760. The van der Waals surface area contributed by atoms with Gasteiger partial charge in [-0.15, -0.1) is 0 Å². The van der Waals surface area contributed by atoms with E-state index in [0.29, 0.717) is 75.7 Å². The first-order valence-corrected chi connectivity index (χ1v) is 17.1. The van der Waals surface area contributed by atoms with Crippen LogP contribution in [0.2, 0.25) is 0 Å². The van der Waals surface area contributed by atoms with E-state index in [1.54, 1.807) is 11.1 Å². The Hall–Kier alpha value is -4.57. The van der Waals surface area contributed by atoms with Gasteiger partial charge in [0, 0.05) is 55.5 Å². The third-order valence-electron chi connectivity index (χ3n) is 10.8. The van der Waals surface area contributed by atoms with Gasteiger partial charge in [-0.25, -0.2) is 4.98 Å². The molecule has 1 aromatic heterocycles. The molecule has 1 saturated carbocycles. The van der Waals surface area contributed by atoms with Crippen LogP contribution in [0.15, 0.2) is 60.8 Å². The number of pyridine rings is 1. The van der Waals surface area contributed by atoms with Gasteiger partial charge in [0.05, 0.1) is 5.41 Å². The molecule has 2 aromatic carbocycles. The first-order chi connectivity index (χ1) is 23.2. The SMILES string of the molecule is CNCc1ccccc1CN(CC(=O)Nc1ccc2c(c1)C[C@@]1(C2)C(=O)Nc2ncccc21)C(=O)C1(C)CCN(C(=O)CC2CC2)CC1. The van der Waals surface area contributed by atoms with Gasteiger partial charge >= 0.3 is 0 Å². The molecule has 3 N–H and O–H groups in total. The van der Waals surface area contributed by atoms with Crippen LogP contribution in [0.4, 0.5) is 11.5 Å². The monoisotopic (exact) mass is 648 g/mol. The highest BCUT2D eigenvalue weighted by atomic mass is 16.2. The molecule has 2 aliphatic heterocycles. The fourth-order valence-electron chi connectivity index (χ4n) is 7.74. The van der Waals surface area contributed by atoms with E-state index in [-0.39, 0.29) is 30.2 Å². The second-order valence-electron chi connectivity index (χ2n) is 14.4. The van der Waals surface area contributed by atoms with Crippen LogP contribution in [-0.4, -0.2) is 65.1 Å². The quantitative estimate of drug-likeness (QED) is 0.303. The lowest BCUT2D eigenvalue weighted by Crippen LogP contribution is -2.51. The topological polar surface area (TPSA) is 124 Å². The molecule has 2 fully saturated rings. The summed E-state index contributed by atoms with van der Waals surface area (Å²) in [5, 5.41) is 9.19. The van der Waals surface area contributed by atoms with Gasteiger partial charge in [0.15, 0.2) is 0 Å². The zero-order valence-corrected chi connectivity index (χ0v) is 27.8. The first kappa shape index (κ1) is 32.0. The molecule has 7 rings (SSSR count). The summed E-state index contributed by atoms with van der Waals surface area (Å²) in [7, 11) is 1.89. The minimum atomic E-state index is -0.688. The van der Waals surface area contributed by atoms with Crippen molar-refractivity contribution in [2.24, 2.45) is 11.3 Å². The third-order valence-corrected chi connectivity index (χ3v) is 10.8. The lowest BCUT2D eigenvalue weighted by Gasteiger charge is -2.41. The molecule has 10 nitrogen and oxygen atoms in total. The fourth-order valence-corrected chi connectivity index (χ4v) is 7.74. The molecule has 250 valence electrons. The highest BCUT2D eigenvalue weighted by Crippen LogP contribution is 2.47. The number of benzene rings is 2. The van der Waals surface area contributed by atoms with Crippen LogP contribution in [0.25, 0.3) is 0 Å². The molecule has 1 saturated heterocycles. The Labute approximate surface area is 281 Å². The summed E-state index contributed by atoms with van der Waals surface area (Å²) in [5.41, 5.74) is 4.34. The van der Waals surface area contributed by atoms with Crippen LogP contribution in [0.5, 0.6) is 0 Å². The van der Waals surface area contributed by atoms with Gasteiger partial charge in [0.2, 0.25) is 23.6 Å². The molecule has 0 radical (unpaired) electrons. The number of carbonyl (C=O) groups is 4. The number of anilines is 2. The maximum Gasteiger partial charge on any atom is 0.244 e. The van der Waals surface area contributed by atoms with E-state index in [1.165, 1.54) is 0 Å². The second-order valence-corrected chi connectivity index (χ2v) is 14.4. The molecule has 3 aromatic rings. The first-order valence-electron chi connectivity index (χ1n) is 17.1. The van der Waals surface area contributed by atoms with Crippen molar-refractivity contribution in [3.05, 3.63) is 88.6 Å². The van der Waals surface area contributed by atoms with Crippen molar-refractivity contribution in [3.8, 4) is 0 Å². The van der Waals surface area contributed by atoms with Crippen LogP contribution in [0, 0.1) is 11.3 Å². The molecular formula is C38H44N6O4. The van der Waals surface area contributed by atoms with Crippen molar-refractivity contribution in [2.45, 2.75) is 70.4 Å². The zero-order valence-electron chi connectivity index (χ0n) is 27.8. The predicted octanol–water partition coefficient (Wildman–Crippen LogP) is 4.19. The molecular weight excluding hydrogens is 604 g/mol. The van der Waals surface area contributed by atoms with Crippen LogP contribution >= 0.6 is 0 Å². The van der Waals surface area contributed by atoms with E-state index in [4.69, 9.17) is 0 Å². The number of amides is 4. The predicted molar refractivity (Wildman–Crippen MR) is 183 cm³/mol. The summed E-state index contributed by atoms with van der Waals surface area (Å²) in [5.74, 6) is 0.949. The molecule has 48 heavy (non-hydrogen) atoms. The molecule has 3 heterocycles. The van der Waals surface area contributed by atoms with Gasteiger partial charge < -0.3 is 25.8 Å². The van der Waals surface area contributed by atoms with Gasteiger partial charge in [0.25, 0.3) is 0 Å². The zero-order chi connectivity index (χ0) is 33.5. The summed E-state index contributed by atoms with van der Waals surface area (Å²) in [6.45, 7) is 3.94. The Morgan fingerprint density at radius 3 is 2.50 bits per heavy atom. The van der Waals surface area contributed by atoms with Crippen LogP contribution in [0.3, 0.4) is 0 Å². The normalized spacial score (nSPS) is 20.6. The van der Waals surface area contributed by atoms with Crippen LogP contribution in [0.1, 0.15) is 66.8 Å². The number of likely N-dealkylation sites (tertiary alicyclic amines) is 1. The Morgan fingerprint density at radius 2 is 1.75 bits per heavy atom. The van der Waals surface area contributed by atoms with Gasteiger partial charge in [-0.2, -0.15) is 0 Å². The molecule has 4 amide bonds. The molecule has 0 unspecified atom stereocenters. The molecule has 4 aliphatic rings. The van der Waals surface area contributed by atoms with E-state index < -0.39 is 10.8 Å². The fraction of sp³-hybridized carbons (Fsp3) is 0.447. The van der Waals surface area contributed by atoms with Crippen molar-refractivity contribution in [1.29, 1.82) is 0 Å². The van der Waals surface area contributed by atoms with Gasteiger partial charge in [-0.1, -0.05) is 43.3 Å². The Morgan fingerprint density at radius 1 is 1.00 bits per heavy atom. The number of fused-ring (bicyclic) bond motifs is 3. The molecule has 2 aliphatic carbocycles. The van der Waals surface area contributed by atoms with E-state index in [2.05, 4.69) is 20.9 Å². The summed E-state index contributed by atoms with van der Waals surface area (Å²) in [4.78, 5) is 61.9. The number of carbonyl (C=O) groups excluding carboxylic acids is 4. The number of rotatable bonds is 10. The largest absolute Gasteiger partial charge is 0.343 e. The Balaban J connectivity index is 1.07. The lowest BCUT2D eigenvalue weighted by atomic mass is 9.78. The van der Waals surface area contributed by atoms with Crippen molar-refractivity contribution < 1.29 is 19.2 Å². The average molecular weight is 649 g/mol. The molecule has 1 spiro atoms. The van der Waals surface area contributed by atoms with Crippen molar-refractivity contribution >= 4 is 35.1 Å². The molecule has 0 bridgehead atoms. The van der Waals surface area contributed by atoms with Gasteiger partial charge in [-0.05, 0) is 91.9 Å². The average Bonchev–Trinajstić information content (AvgIpc) is 3.74. The van der Waals surface area contributed by atoms with Crippen LogP contribution in [-0.2, 0) is 50.5 Å². The van der Waals surface area contributed by atoms with Gasteiger partial charge in [-0.3, -0.25) is 19.2 Å². The van der Waals surface area contributed by atoms with E-state index in [1.807, 2.05) is 73.5 Å². The molecule has 1 atom stereocenters. The summed E-state index contributed by atoms with van der Waals surface area (Å²) in [6.07, 6.45) is 6.81. The van der Waals surface area contributed by atoms with Gasteiger partial charge in [0.1, 0.15) is 12.4 Å². The number of nitrogens with one attached hydrogen (secondary N) is 3. The van der Waals surface area contributed by atoms with Crippen molar-refractivity contribution in [1.82, 2.24) is 20.1 Å². The van der Waals surface area contributed by atoms with E-state index in [9.17, 15) is 19.2 Å². The minimum absolute atomic E-state index is 0.0442. The lowest BCUT2D eigenvalue weighted by molar-refractivity contribution is -0.149. The van der Waals surface area contributed by atoms with Crippen LogP contribution < -0.4 is 16.0 Å². The Kier molecular flexibility index (Phi) is 8.53. The standard InChI is InChI=1S/C38H44N6O4/c1-37(13-16-43(17-14-37)33(46)18-25-9-10-25)36(48)44(23-28-7-4-3-6-27(28)22-39-2)24-32(45)41-30-12-11-26-20-38(21-29(26)19-30)31-8-5-15-40-34(31)42-35(38)47/h3-8,11-12,15,19,25,39H,9-10,13-14,16-18,20-24H2,1-2H3,(H,41,45)(H,40,42,47)/t38-/m1/s1. The van der Waals surface area contributed by atoms with Crippen molar-refractivity contribution in [2.75, 3.05) is 37.3 Å². The molecule has 10 heteroatoms.